The fraction of sp³-hybridized carbons (Fsp3) is 0.364. The molecular weight excluding hydrogens is 370 g/mol. The minimum absolute atomic E-state index is 0.215. The maximum Gasteiger partial charge on any atom is 0.257 e. The minimum atomic E-state index is -0.243. The van der Waals surface area contributed by atoms with Crippen molar-refractivity contribution in [2.24, 2.45) is 0 Å². The van der Waals surface area contributed by atoms with Crippen LogP contribution in [-0.4, -0.2) is 39.1 Å². The van der Waals surface area contributed by atoms with Crippen molar-refractivity contribution in [1.29, 1.82) is 0 Å². The fourth-order valence-corrected chi connectivity index (χ4v) is 3.48. The number of methoxy groups -OCH3 is 2. The molecule has 2 N–H and O–H groups in total. The van der Waals surface area contributed by atoms with Crippen LogP contribution in [0.2, 0.25) is 0 Å². The molecule has 0 unspecified atom stereocenters. The molecule has 0 spiro atoms. The standard InChI is InChI=1S/C22H27N3O4/c1-28-19-11-9-16(14-20(19)29-2)10-12-21(26)23-24-22(27)15-25-13-5-7-17-6-3-4-8-18(17)25/h3-4,6,8-9,11,14H,5,7,10,12-13,15H2,1-2H3,(H,23,26)(H,24,27). The van der Waals surface area contributed by atoms with Crippen molar-refractivity contribution in [2.75, 3.05) is 32.2 Å². The second kappa shape index (κ2) is 9.82. The van der Waals surface area contributed by atoms with Gasteiger partial charge in [-0.2, -0.15) is 0 Å². The number of fused-ring (bicyclic) bond motifs is 1. The van der Waals surface area contributed by atoms with E-state index < -0.39 is 0 Å². The fourth-order valence-electron chi connectivity index (χ4n) is 3.48. The molecule has 1 heterocycles. The van der Waals surface area contributed by atoms with Crippen molar-refractivity contribution < 1.29 is 19.1 Å². The molecule has 3 rings (SSSR count). The van der Waals surface area contributed by atoms with Crippen molar-refractivity contribution >= 4 is 17.5 Å². The zero-order valence-electron chi connectivity index (χ0n) is 16.9. The highest BCUT2D eigenvalue weighted by Crippen LogP contribution is 2.28. The zero-order chi connectivity index (χ0) is 20.6. The highest BCUT2D eigenvalue weighted by Gasteiger charge is 2.18. The molecule has 0 aromatic heterocycles. The van der Waals surface area contributed by atoms with Gasteiger partial charge in [0.25, 0.3) is 5.91 Å². The normalized spacial score (nSPS) is 12.7. The summed E-state index contributed by atoms with van der Waals surface area (Å²) in [6, 6.07) is 13.7. The highest BCUT2D eigenvalue weighted by molar-refractivity contribution is 5.85. The van der Waals surface area contributed by atoms with Gasteiger partial charge in [0.2, 0.25) is 5.91 Å². The monoisotopic (exact) mass is 397 g/mol. The molecule has 7 nitrogen and oxygen atoms in total. The second-order valence-electron chi connectivity index (χ2n) is 6.94. The van der Waals surface area contributed by atoms with Gasteiger partial charge in [-0.1, -0.05) is 24.3 Å². The maximum absolute atomic E-state index is 12.3. The van der Waals surface area contributed by atoms with Gasteiger partial charge >= 0.3 is 0 Å². The summed E-state index contributed by atoms with van der Waals surface area (Å²) in [5.74, 6) is 0.793. The van der Waals surface area contributed by atoms with Crippen molar-refractivity contribution in [3.05, 3.63) is 53.6 Å². The summed E-state index contributed by atoms with van der Waals surface area (Å²) in [6.45, 7) is 1.05. The molecule has 2 amide bonds. The van der Waals surface area contributed by atoms with Crippen LogP contribution < -0.4 is 25.2 Å². The van der Waals surface area contributed by atoms with Gasteiger partial charge in [0.1, 0.15) is 0 Å². The Morgan fingerprint density at radius 1 is 1.00 bits per heavy atom. The lowest BCUT2D eigenvalue weighted by molar-refractivity contribution is -0.128. The third-order valence-corrected chi connectivity index (χ3v) is 4.97. The number of nitrogens with one attached hydrogen (secondary N) is 2. The van der Waals surface area contributed by atoms with E-state index in [9.17, 15) is 9.59 Å². The Hall–Kier alpha value is -3.22. The van der Waals surface area contributed by atoms with E-state index >= 15 is 0 Å². The van der Waals surface area contributed by atoms with Crippen molar-refractivity contribution in [3.63, 3.8) is 0 Å². The largest absolute Gasteiger partial charge is 0.493 e. The first-order valence-corrected chi connectivity index (χ1v) is 9.72. The summed E-state index contributed by atoms with van der Waals surface area (Å²) in [5.41, 5.74) is 8.31. The SMILES string of the molecule is COc1ccc(CCC(=O)NNC(=O)CN2CCCc3ccccc32)cc1OC. The van der Waals surface area contributed by atoms with Crippen molar-refractivity contribution in [2.45, 2.75) is 25.7 Å². The number of carbonyl (C=O) groups excluding carboxylic acids is 2. The molecule has 154 valence electrons. The molecule has 0 radical (unpaired) electrons. The lowest BCUT2D eigenvalue weighted by atomic mass is 10.0. The number of para-hydroxylation sites is 1. The molecule has 0 saturated carbocycles. The number of carbonyl (C=O) groups is 2. The van der Waals surface area contributed by atoms with Crippen LogP contribution in [0.5, 0.6) is 11.5 Å². The Morgan fingerprint density at radius 3 is 2.55 bits per heavy atom. The molecule has 0 bridgehead atoms. The molecule has 2 aromatic carbocycles. The molecule has 0 atom stereocenters. The van der Waals surface area contributed by atoms with Crippen molar-refractivity contribution in [3.8, 4) is 11.5 Å². The first-order chi connectivity index (χ1) is 14.1. The van der Waals surface area contributed by atoms with Crippen LogP contribution in [0.4, 0.5) is 5.69 Å². The smallest absolute Gasteiger partial charge is 0.257 e. The summed E-state index contributed by atoms with van der Waals surface area (Å²) in [4.78, 5) is 26.4. The van der Waals surface area contributed by atoms with Gasteiger partial charge in [-0.3, -0.25) is 20.4 Å². The van der Waals surface area contributed by atoms with E-state index in [2.05, 4.69) is 16.9 Å². The lowest BCUT2D eigenvalue weighted by Gasteiger charge is -2.30. The lowest BCUT2D eigenvalue weighted by Crippen LogP contribution is -2.47. The van der Waals surface area contributed by atoms with Crippen LogP contribution in [0, 0.1) is 0 Å². The van der Waals surface area contributed by atoms with Crippen LogP contribution in [0.15, 0.2) is 42.5 Å². The van der Waals surface area contributed by atoms with E-state index in [1.165, 1.54) is 5.56 Å². The number of benzene rings is 2. The molecule has 29 heavy (non-hydrogen) atoms. The van der Waals surface area contributed by atoms with Crippen LogP contribution in [0.1, 0.15) is 24.0 Å². The van der Waals surface area contributed by atoms with Crippen LogP contribution in [0.3, 0.4) is 0 Å². The first-order valence-electron chi connectivity index (χ1n) is 9.72. The zero-order valence-corrected chi connectivity index (χ0v) is 16.9. The number of anilines is 1. The Labute approximate surface area is 171 Å². The van der Waals surface area contributed by atoms with E-state index in [0.717, 1.165) is 30.6 Å². The van der Waals surface area contributed by atoms with Gasteiger partial charge in [0.15, 0.2) is 11.5 Å². The average molecular weight is 397 g/mol. The topological polar surface area (TPSA) is 79.9 Å². The quantitative estimate of drug-likeness (QED) is 0.701. The minimum Gasteiger partial charge on any atom is -0.493 e. The van der Waals surface area contributed by atoms with Gasteiger partial charge in [0, 0.05) is 18.7 Å². The Balaban J connectivity index is 1.44. The van der Waals surface area contributed by atoms with Gasteiger partial charge in [-0.15, -0.1) is 0 Å². The number of hydrazine groups is 1. The van der Waals surface area contributed by atoms with Crippen molar-refractivity contribution in [1.82, 2.24) is 10.9 Å². The van der Waals surface area contributed by atoms with Crippen LogP contribution in [0.25, 0.3) is 0 Å². The molecular formula is C22H27N3O4. The summed E-state index contributed by atoms with van der Waals surface area (Å²) >= 11 is 0. The van der Waals surface area contributed by atoms with Crippen LogP contribution in [-0.2, 0) is 22.4 Å². The summed E-state index contributed by atoms with van der Waals surface area (Å²) in [5, 5.41) is 0. The average Bonchev–Trinajstić information content (AvgIpc) is 2.76. The van der Waals surface area contributed by atoms with Gasteiger partial charge in [-0.05, 0) is 48.6 Å². The number of hydrogen-bond donors (Lipinski definition) is 2. The summed E-state index contributed by atoms with van der Waals surface area (Å²) < 4.78 is 10.5. The Morgan fingerprint density at radius 2 is 1.76 bits per heavy atom. The van der Waals surface area contributed by atoms with E-state index in [1.54, 1.807) is 14.2 Å². The van der Waals surface area contributed by atoms with Crippen LogP contribution >= 0.6 is 0 Å². The highest BCUT2D eigenvalue weighted by atomic mass is 16.5. The second-order valence-corrected chi connectivity index (χ2v) is 6.94. The predicted molar refractivity (Wildman–Crippen MR) is 111 cm³/mol. The van der Waals surface area contributed by atoms with E-state index in [4.69, 9.17) is 9.47 Å². The Kier molecular flexibility index (Phi) is 6.94. The molecule has 2 aromatic rings. The molecule has 1 aliphatic rings. The van der Waals surface area contributed by atoms with Gasteiger partial charge in [-0.25, -0.2) is 0 Å². The molecule has 0 saturated heterocycles. The van der Waals surface area contributed by atoms with E-state index in [0.29, 0.717) is 17.9 Å². The van der Waals surface area contributed by atoms with Gasteiger partial charge in [0.05, 0.1) is 20.8 Å². The number of rotatable bonds is 7. The predicted octanol–water partition coefficient (Wildman–Crippen LogP) is 2.24. The molecule has 1 aliphatic heterocycles. The molecule has 0 fully saturated rings. The number of ether oxygens (including phenoxy) is 2. The number of hydrogen-bond acceptors (Lipinski definition) is 5. The number of aryl methyl sites for hydroxylation is 2. The number of amides is 2. The third-order valence-electron chi connectivity index (χ3n) is 4.97. The number of nitrogens with zero attached hydrogens (tertiary/aromatic N) is 1. The Bertz CT molecular complexity index is 869. The van der Waals surface area contributed by atoms with E-state index in [-0.39, 0.29) is 24.8 Å². The third kappa shape index (κ3) is 5.40. The van der Waals surface area contributed by atoms with Gasteiger partial charge < -0.3 is 14.4 Å². The molecule has 0 aliphatic carbocycles. The maximum atomic E-state index is 12.3. The first kappa shape index (κ1) is 20.5. The van der Waals surface area contributed by atoms with E-state index in [1.807, 2.05) is 41.3 Å². The summed E-state index contributed by atoms with van der Waals surface area (Å²) in [6.07, 6.45) is 2.83. The molecule has 7 heteroatoms. The summed E-state index contributed by atoms with van der Waals surface area (Å²) in [7, 11) is 3.15.